The molecular formula is C25H18F2N6O5. The number of rotatable bonds is 6. The van der Waals surface area contributed by atoms with Gasteiger partial charge in [-0.25, -0.2) is 9.67 Å². The van der Waals surface area contributed by atoms with E-state index in [1.165, 1.54) is 36.5 Å². The third kappa shape index (κ3) is 4.05. The molecule has 1 aliphatic heterocycles. The molecule has 192 valence electrons. The zero-order chi connectivity index (χ0) is 26.6. The average Bonchev–Trinajstić information content (AvgIpc) is 3.49. The van der Waals surface area contributed by atoms with Crippen LogP contribution in [0.25, 0.3) is 22.3 Å². The van der Waals surface area contributed by atoms with E-state index in [0.717, 1.165) is 4.68 Å². The lowest BCUT2D eigenvalue weighted by Gasteiger charge is -2.23. The number of alkyl halides is 2. The first-order chi connectivity index (χ1) is 18.3. The standard InChI is InChI=1S/C25H18F2N6O5/c1-36-17-7-13(10-28)6-14(8-17)21-22-23(30-12-29-22)24(35)32(31-21)11-20(34)33(15-2-3-15)16-4-5-18-19(9-16)38-25(26,27)37-18/h4-9,12,15H,2-3,11H2,1H3,(H,29,30). The summed E-state index contributed by atoms with van der Waals surface area (Å²) in [6.07, 6.45) is -1.02. The molecule has 2 aromatic heterocycles. The Morgan fingerprint density at radius 1 is 1.26 bits per heavy atom. The number of aromatic nitrogens is 4. The van der Waals surface area contributed by atoms with E-state index in [1.54, 1.807) is 18.2 Å². The first kappa shape index (κ1) is 23.4. The summed E-state index contributed by atoms with van der Waals surface area (Å²) in [5, 5.41) is 13.9. The average molecular weight is 520 g/mol. The van der Waals surface area contributed by atoms with Gasteiger partial charge in [0.15, 0.2) is 11.5 Å². The molecule has 2 aromatic carbocycles. The van der Waals surface area contributed by atoms with E-state index < -0.39 is 24.3 Å². The molecule has 1 N–H and O–H groups in total. The Morgan fingerprint density at radius 2 is 2.05 bits per heavy atom. The Labute approximate surface area is 212 Å². The second-order valence-electron chi connectivity index (χ2n) is 8.79. The minimum Gasteiger partial charge on any atom is -0.497 e. The van der Waals surface area contributed by atoms with Crippen LogP contribution in [-0.2, 0) is 11.3 Å². The molecule has 4 aromatic rings. The second-order valence-corrected chi connectivity index (χ2v) is 8.79. The molecule has 3 heterocycles. The van der Waals surface area contributed by atoms with Crippen molar-refractivity contribution in [3.05, 3.63) is 58.6 Å². The maximum atomic E-state index is 13.5. The molecule has 1 amide bonds. The van der Waals surface area contributed by atoms with Crippen LogP contribution in [0.15, 0.2) is 47.5 Å². The fraction of sp³-hybridized carbons (Fsp3) is 0.240. The number of halogens is 2. The molecule has 0 bridgehead atoms. The lowest BCUT2D eigenvalue weighted by atomic mass is 10.1. The molecule has 38 heavy (non-hydrogen) atoms. The number of nitriles is 1. The predicted molar refractivity (Wildman–Crippen MR) is 128 cm³/mol. The van der Waals surface area contributed by atoms with Gasteiger partial charge in [-0.1, -0.05) is 0 Å². The normalized spacial score (nSPS) is 15.3. The van der Waals surface area contributed by atoms with Gasteiger partial charge in [0.2, 0.25) is 5.91 Å². The molecule has 13 heteroatoms. The highest BCUT2D eigenvalue weighted by Crippen LogP contribution is 2.44. The molecule has 11 nitrogen and oxygen atoms in total. The van der Waals surface area contributed by atoms with Gasteiger partial charge in [-0.05, 0) is 43.2 Å². The molecule has 6 rings (SSSR count). The Balaban J connectivity index is 1.39. The van der Waals surface area contributed by atoms with Gasteiger partial charge in [0.1, 0.15) is 29.0 Å². The van der Waals surface area contributed by atoms with Gasteiger partial charge in [-0.15, -0.1) is 8.78 Å². The van der Waals surface area contributed by atoms with E-state index in [-0.39, 0.29) is 34.3 Å². The minimum atomic E-state index is -3.78. The number of carbonyl (C=O) groups is 1. The van der Waals surface area contributed by atoms with Gasteiger partial charge < -0.3 is 24.1 Å². The topological polar surface area (TPSA) is 135 Å². The highest BCUT2D eigenvalue weighted by atomic mass is 19.3. The Hall–Kier alpha value is -4.99. The Morgan fingerprint density at radius 3 is 2.79 bits per heavy atom. The van der Waals surface area contributed by atoms with Crippen LogP contribution in [0.1, 0.15) is 18.4 Å². The number of amides is 1. The summed E-state index contributed by atoms with van der Waals surface area (Å²) in [5.74, 6) is -0.384. The van der Waals surface area contributed by atoms with E-state index in [1.807, 2.05) is 0 Å². The van der Waals surface area contributed by atoms with Crippen LogP contribution in [0.5, 0.6) is 17.2 Å². The summed E-state index contributed by atoms with van der Waals surface area (Å²) >= 11 is 0. The maximum Gasteiger partial charge on any atom is 0.586 e. The number of benzene rings is 2. The van der Waals surface area contributed by atoms with Crippen molar-refractivity contribution in [3.63, 3.8) is 0 Å². The number of ether oxygens (including phenoxy) is 3. The number of fused-ring (bicyclic) bond motifs is 2. The SMILES string of the molecule is COc1cc(C#N)cc(-c2nn(CC(=O)N(c3ccc4c(c3)OC(F)(F)O4)C3CC3)c(=O)c3[nH]cnc23)c1. The molecule has 0 unspecified atom stereocenters. The van der Waals surface area contributed by atoms with E-state index >= 15 is 0 Å². The van der Waals surface area contributed by atoms with E-state index in [2.05, 4.69) is 30.6 Å². The van der Waals surface area contributed by atoms with Crippen LogP contribution < -0.4 is 24.7 Å². The van der Waals surface area contributed by atoms with Crippen molar-refractivity contribution >= 4 is 22.6 Å². The zero-order valence-corrected chi connectivity index (χ0v) is 19.8. The molecule has 1 aliphatic carbocycles. The molecule has 2 aliphatic rings. The van der Waals surface area contributed by atoms with E-state index in [0.29, 0.717) is 35.4 Å². The van der Waals surface area contributed by atoms with Crippen LogP contribution in [0.2, 0.25) is 0 Å². The van der Waals surface area contributed by atoms with E-state index in [9.17, 15) is 23.6 Å². The van der Waals surface area contributed by atoms with Crippen LogP contribution in [0.4, 0.5) is 14.5 Å². The lowest BCUT2D eigenvalue weighted by Crippen LogP contribution is -2.39. The maximum absolute atomic E-state index is 13.5. The van der Waals surface area contributed by atoms with Crippen molar-refractivity contribution in [3.8, 4) is 34.6 Å². The molecule has 0 atom stereocenters. The number of nitrogens with one attached hydrogen (secondary N) is 1. The first-order valence-electron chi connectivity index (χ1n) is 11.5. The number of hydrogen-bond acceptors (Lipinski definition) is 8. The highest BCUT2D eigenvalue weighted by Gasteiger charge is 2.44. The summed E-state index contributed by atoms with van der Waals surface area (Å²) in [6, 6.07) is 10.8. The molecule has 0 saturated heterocycles. The van der Waals surface area contributed by atoms with Gasteiger partial charge in [-0.2, -0.15) is 10.4 Å². The van der Waals surface area contributed by atoms with Crippen molar-refractivity contribution in [2.75, 3.05) is 12.0 Å². The molecule has 0 radical (unpaired) electrons. The number of hydrogen-bond donors (Lipinski definition) is 1. The third-order valence-electron chi connectivity index (χ3n) is 6.21. The minimum absolute atomic E-state index is 0.132. The Bertz CT molecular complexity index is 1700. The van der Waals surface area contributed by atoms with Gasteiger partial charge in [0.05, 0.1) is 25.1 Å². The quantitative estimate of drug-likeness (QED) is 0.410. The van der Waals surface area contributed by atoms with Crippen LogP contribution in [0.3, 0.4) is 0 Å². The zero-order valence-electron chi connectivity index (χ0n) is 19.8. The van der Waals surface area contributed by atoms with Crippen LogP contribution in [0, 0.1) is 11.3 Å². The van der Waals surface area contributed by atoms with Gasteiger partial charge in [0.25, 0.3) is 5.56 Å². The lowest BCUT2D eigenvalue weighted by molar-refractivity contribution is -0.286. The number of anilines is 1. The van der Waals surface area contributed by atoms with Crippen molar-refractivity contribution in [2.45, 2.75) is 31.7 Å². The van der Waals surface area contributed by atoms with Crippen molar-refractivity contribution in [1.29, 1.82) is 5.26 Å². The molecule has 1 saturated carbocycles. The second kappa shape index (κ2) is 8.55. The molecular weight excluding hydrogens is 502 g/mol. The first-order valence-corrected chi connectivity index (χ1v) is 11.5. The summed E-state index contributed by atoms with van der Waals surface area (Å²) in [6.45, 7) is -0.434. The van der Waals surface area contributed by atoms with Crippen LogP contribution >= 0.6 is 0 Å². The summed E-state index contributed by atoms with van der Waals surface area (Å²) in [5.41, 5.74) is 1.22. The monoisotopic (exact) mass is 520 g/mol. The highest BCUT2D eigenvalue weighted by molar-refractivity contribution is 5.95. The van der Waals surface area contributed by atoms with Crippen molar-refractivity contribution in [1.82, 2.24) is 19.7 Å². The van der Waals surface area contributed by atoms with Crippen molar-refractivity contribution < 1.29 is 27.8 Å². The van der Waals surface area contributed by atoms with Crippen LogP contribution in [-0.4, -0.2) is 45.1 Å². The number of nitrogens with zero attached hydrogens (tertiary/aromatic N) is 5. The number of aromatic amines is 1. The number of imidazole rings is 1. The fourth-order valence-electron chi connectivity index (χ4n) is 4.38. The molecule has 0 spiro atoms. The Kier molecular flexibility index (Phi) is 5.27. The predicted octanol–water partition coefficient (Wildman–Crippen LogP) is 3.18. The fourth-order valence-corrected chi connectivity index (χ4v) is 4.38. The largest absolute Gasteiger partial charge is 0.586 e. The smallest absolute Gasteiger partial charge is 0.497 e. The summed E-state index contributed by atoms with van der Waals surface area (Å²) < 4.78 is 42.3. The number of H-pyrrole nitrogens is 1. The van der Waals surface area contributed by atoms with E-state index in [4.69, 9.17) is 4.74 Å². The molecule has 1 fully saturated rings. The van der Waals surface area contributed by atoms with Gasteiger partial charge >= 0.3 is 6.29 Å². The van der Waals surface area contributed by atoms with Gasteiger partial charge in [0, 0.05) is 23.4 Å². The van der Waals surface area contributed by atoms with Gasteiger partial charge in [-0.3, -0.25) is 9.59 Å². The number of carbonyl (C=O) groups excluding carboxylic acids is 1. The third-order valence-corrected chi connectivity index (χ3v) is 6.21. The summed E-state index contributed by atoms with van der Waals surface area (Å²) in [7, 11) is 1.46. The van der Waals surface area contributed by atoms with Crippen molar-refractivity contribution in [2.24, 2.45) is 0 Å². The number of methoxy groups -OCH3 is 1. The summed E-state index contributed by atoms with van der Waals surface area (Å²) in [4.78, 5) is 35.2.